The first-order valence-electron chi connectivity index (χ1n) is 11.2. The first kappa shape index (κ1) is 17.9. The fourth-order valence-corrected chi connectivity index (χ4v) is 5.32. The van der Waals surface area contributed by atoms with E-state index in [2.05, 4.69) is 28.2 Å². The minimum atomic E-state index is -0.0650. The zero-order chi connectivity index (χ0) is 22.2. The maximum Gasteiger partial charge on any atom is 0.270 e. The summed E-state index contributed by atoms with van der Waals surface area (Å²) < 4.78 is 19.5. The van der Waals surface area contributed by atoms with Crippen LogP contribution in [-0.2, 0) is 0 Å². The normalized spacial score (nSPS) is 13.4. The first-order chi connectivity index (χ1) is 16.9. The molecule has 0 amide bonds. The first-order valence-corrected chi connectivity index (χ1v) is 11.2. The lowest BCUT2D eigenvalue weighted by Crippen LogP contribution is -2.59. The third-order valence-electron chi connectivity index (χ3n) is 6.74. The highest BCUT2D eigenvalue weighted by Crippen LogP contribution is 2.46. The Morgan fingerprint density at radius 2 is 1.12 bits per heavy atom. The Bertz CT molecular complexity index is 1590. The topological polar surface area (TPSA) is 53.5 Å². The second kappa shape index (κ2) is 6.48. The van der Waals surface area contributed by atoms with Crippen molar-refractivity contribution in [2.45, 2.75) is 0 Å². The van der Waals surface area contributed by atoms with E-state index in [1.807, 2.05) is 60.7 Å². The maximum atomic E-state index is 6.62. The molecule has 6 heteroatoms. The highest BCUT2D eigenvalue weighted by Gasteiger charge is 2.47. The Kier molecular flexibility index (Phi) is 3.42. The standard InChI is InChI=1S/C28H15BN2O3/c1-2-6-16(7-3-1)17-10-12-21-24-26(17)34-22-13-11-18(28-30-14-5-15-31-28)27-25(22)29(24)23-19(32-21)8-4-9-20(23)33-27/h1-15H. The molecule has 158 valence electrons. The van der Waals surface area contributed by atoms with Crippen molar-refractivity contribution in [2.75, 3.05) is 0 Å². The Hall–Kier alpha value is -4.58. The molecule has 1 aromatic heterocycles. The van der Waals surface area contributed by atoms with Gasteiger partial charge in [0.15, 0.2) is 5.82 Å². The van der Waals surface area contributed by atoms with Crippen molar-refractivity contribution in [3.05, 3.63) is 91.3 Å². The third-order valence-corrected chi connectivity index (χ3v) is 6.74. The van der Waals surface area contributed by atoms with Gasteiger partial charge in [-0.15, -0.1) is 0 Å². The van der Waals surface area contributed by atoms with Crippen molar-refractivity contribution in [1.82, 2.24) is 9.97 Å². The fraction of sp³-hybridized carbons (Fsp3) is 0. The second-order valence-corrected chi connectivity index (χ2v) is 8.55. The number of aromatic nitrogens is 2. The molecule has 5 aromatic rings. The fourth-order valence-electron chi connectivity index (χ4n) is 5.32. The van der Waals surface area contributed by atoms with Gasteiger partial charge in [0.1, 0.15) is 34.5 Å². The average molecular weight is 438 g/mol. The second-order valence-electron chi connectivity index (χ2n) is 8.55. The van der Waals surface area contributed by atoms with Gasteiger partial charge >= 0.3 is 0 Å². The molecule has 8 rings (SSSR count). The molecule has 4 heterocycles. The van der Waals surface area contributed by atoms with Gasteiger partial charge in [-0.2, -0.15) is 0 Å². The van der Waals surface area contributed by atoms with E-state index < -0.39 is 0 Å². The predicted octanol–water partition coefficient (Wildman–Crippen LogP) is 4.64. The van der Waals surface area contributed by atoms with Gasteiger partial charge in [0.25, 0.3) is 6.71 Å². The zero-order valence-corrected chi connectivity index (χ0v) is 17.9. The minimum Gasteiger partial charge on any atom is -0.458 e. The summed E-state index contributed by atoms with van der Waals surface area (Å²) in [6.07, 6.45) is 3.49. The molecule has 5 nitrogen and oxygen atoms in total. The van der Waals surface area contributed by atoms with E-state index in [1.165, 1.54) is 0 Å². The lowest BCUT2D eigenvalue weighted by Gasteiger charge is -2.38. The molecule has 0 saturated heterocycles. The lowest BCUT2D eigenvalue weighted by molar-refractivity contribution is 0.444. The number of nitrogens with zero attached hydrogens (tertiary/aromatic N) is 2. The molecular formula is C28H15BN2O3. The molecule has 0 saturated carbocycles. The van der Waals surface area contributed by atoms with Crippen LogP contribution < -0.4 is 30.6 Å². The largest absolute Gasteiger partial charge is 0.458 e. The molecule has 3 aliphatic rings. The molecule has 0 N–H and O–H groups in total. The molecular weight excluding hydrogens is 423 g/mol. The van der Waals surface area contributed by atoms with E-state index >= 15 is 0 Å². The van der Waals surface area contributed by atoms with Gasteiger partial charge in [-0.3, -0.25) is 0 Å². The van der Waals surface area contributed by atoms with Crippen molar-refractivity contribution < 1.29 is 14.2 Å². The summed E-state index contributed by atoms with van der Waals surface area (Å²) in [6, 6.07) is 26.2. The van der Waals surface area contributed by atoms with Crippen molar-refractivity contribution in [1.29, 1.82) is 0 Å². The van der Waals surface area contributed by atoms with Gasteiger partial charge in [-0.05, 0) is 48.0 Å². The van der Waals surface area contributed by atoms with Gasteiger partial charge in [0, 0.05) is 34.3 Å². The summed E-state index contributed by atoms with van der Waals surface area (Å²) in [5.74, 6) is 5.38. The van der Waals surface area contributed by atoms with Gasteiger partial charge in [-0.25, -0.2) is 9.97 Å². The van der Waals surface area contributed by atoms with Crippen molar-refractivity contribution in [3.63, 3.8) is 0 Å². The van der Waals surface area contributed by atoms with Crippen LogP contribution in [0.1, 0.15) is 0 Å². The van der Waals surface area contributed by atoms with Crippen LogP contribution in [0.5, 0.6) is 34.5 Å². The summed E-state index contributed by atoms with van der Waals surface area (Å²) in [6.45, 7) is -0.0650. The molecule has 0 aliphatic carbocycles. The van der Waals surface area contributed by atoms with Crippen LogP contribution in [0.15, 0.2) is 91.3 Å². The van der Waals surface area contributed by atoms with E-state index in [4.69, 9.17) is 14.2 Å². The summed E-state index contributed by atoms with van der Waals surface area (Å²) >= 11 is 0. The molecule has 0 bridgehead atoms. The quantitative estimate of drug-likeness (QED) is 0.368. The Morgan fingerprint density at radius 3 is 1.88 bits per heavy atom. The number of hydrogen-bond acceptors (Lipinski definition) is 5. The highest BCUT2D eigenvalue weighted by molar-refractivity contribution is 6.99. The summed E-state index contributed by atoms with van der Waals surface area (Å²) in [5.41, 5.74) is 6.04. The van der Waals surface area contributed by atoms with Crippen LogP contribution in [0.2, 0.25) is 0 Å². The zero-order valence-electron chi connectivity index (χ0n) is 17.9. The summed E-state index contributed by atoms with van der Waals surface area (Å²) in [5, 5.41) is 0. The van der Waals surface area contributed by atoms with Crippen LogP contribution >= 0.6 is 0 Å². The highest BCUT2D eigenvalue weighted by atomic mass is 16.5. The van der Waals surface area contributed by atoms with E-state index in [-0.39, 0.29) is 6.71 Å². The van der Waals surface area contributed by atoms with Crippen LogP contribution in [0.3, 0.4) is 0 Å². The predicted molar refractivity (Wildman–Crippen MR) is 131 cm³/mol. The van der Waals surface area contributed by atoms with Crippen molar-refractivity contribution >= 4 is 23.1 Å². The Balaban J connectivity index is 1.45. The Morgan fingerprint density at radius 1 is 0.500 bits per heavy atom. The number of rotatable bonds is 2. The monoisotopic (exact) mass is 438 g/mol. The van der Waals surface area contributed by atoms with E-state index in [1.54, 1.807) is 12.4 Å². The van der Waals surface area contributed by atoms with Gasteiger partial charge in [-0.1, -0.05) is 36.4 Å². The molecule has 0 fully saturated rings. The number of ether oxygens (including phenoxy) is 3. The maximum absolute atomic E-state index is 6.62. The molecule has 0 atom stereocenters. The van der Waals surface area contributed by atoms with Crippen LogP contribution in [0.4, 0.5) is 0 Å². The van der Waals surface area contributed by atoms with Crippen LogP contribution in [0, 0.1) is 0 Å². The van der Waals surface area contributed by atoms with E-state index in [0.717, 1.165) is 67.6 Å². The van der Waals surface area contributed by atoms with Gasteiger partial charge in [0.2, 0.25) is 0 Å². The van der Waals surface area contributed by atoms with Gasteiger partial charge in [0.05, 0.1) is 5.56 Å². The third kappa shape index (κ3) is 2.29. The number of benzene rings is 4. The lowest BCUT2D eigenvalue weighted by atomic mass is 9.33. The summed E-state index contributed by atoms with van der Waals surface area (Å²) in [4.78, 5) is 8.96. The number of hydrogen-bond donors (Lipinski definition) is 0. The molecule has 0 radical (unpaired) electrons. The molecule has 0 unspecified atom stereocenters. The molecule has 4 aromatic carbocycles. The molecule has 34 heavy (non-hydrogen) atoms. The van der Waals surface area contributed by atoms with Crippen LogP contribution in [0.25, 0.3) is 22.5 Å². The summed E-state index contributed by atoms with van der Waals surface area (Å²) in [7, 11) is 0. The van der Waals surface area contributed by atoms with Gasteiger partial charge < -0.3 is 14.2 Å². The SMILES string of the molecule is c1ccc(-c2ccc3c4c2Oc2ccc(-c5ncccn5)c5c2B4c2c(cccc2O5)O3)cc1. The molecule has 0 spiro atoms. The van der Waals surface area contributed by atoms with E-state index in [0.29, 0.717) is 5.82 Å². The Labute approximate surface area is 195 Å². The van der Waals surface area contributed by atoms with E-state index in [9.17, 15) is 0 Å². The van der Waals surface area contributed by atoms with Crippen molar-refractivity contribution in [3.8, 4) is 57.0 Å². The van der Waals surface area contributed by atoms with Crippen LogP contribution in [-0.4, -0.2) is 16.7 Å². The molecule has 3 aliphatic heterocycles. The average Bonchev–Trinajstić information content (AvgIpc) is 2.90. The smallest absolute Gasteiger partial charge is 0.270 e. The van der Waals surface area contributed by atoms with Crippen molar-refractivity contribution in [2.24, 2.45) is 0 Å². The minimum absolute atomic E-state index is 0.0650.